The molecule has 394 valence electrons. The first-order valence-electron chi connectivity index (χ1n) is 22.1. The summed E-state index contributed by atoms with van der Waals surface area (Å²) < 4.78 is 0. The molecular weight excluding hydrogens is 1010 g/mol. The maximum Gasteiger partial charge on any atom is 0.0676 e. The number of hydrogen-bond donors (Lipinski definition) is 12. The summed E-state index contributed by atoms with van der Waals surface area (Å²) in [5.74, 6) is 0. The molecule has 12 N–H and O–H groups in total. The van der Waals surface area contributed by atoms with Crippen molar-refractivity contribution in [1.29, 1.82) is 0 Å². The molecule has 2 atom stereocenters. The zero-order valence-electron chi connectivity index (χ0n) is 38.6. The third-order valence-corrected chi connectivity index (χ3v) is 9.27. The SMILES string of the molecule is CCNCC(O)CCNCCCCNCCCCNCCCCNCCCCNCCCCNCCCCNCCCCNCCC(O)CNCC.Cl.Cl.Cl.Cl.Cl.Cl.Cl.Cl.Cl.Cl. The van der Waals surface area contributed by atoms with E-state index in [1.165, 1.54) is 89.9 Å². The summed E-state index contributed by atoms with van der Waals surface area (Å²) in [6.45, 7) is 24.8. The molecule has 0 saturated carbocycles. The number of aliphatic hydroxyl groups excluding tert-OH is 2. The summed E-state index contributed by atoms with van der Waals surface area (Å²) in [6.07, 6.45) is 18.5. The van der Waals surface area contributed by atoms with Crippen molar-refractivity contribution < 1.29 is 10.2 Å². The fourth-order valence-corrected chi connectivity index (χ4v) is 5.86. The van der Waals surface area contributed by atoms with Gasteiger partial charge in [-0.25, -0.2) is 0 Å². The van der Waals surface area contributed by atoms with Gasteiger partial charge >= 0.3 is 0 Å². The van der Waals surface area contributed by atoms with E-state index < -0.39 is 0 Å². The van der Waals surface area contributed by atoms with Gasteiger partial charge in [0, 0.05) is 13.1 Å². The lowest BCUT2D eigenvalue weighted by molar-refractivity contribution is 0.161. The predicted molar refractivity (Wildman–Crippen MR) is 298 cm³/mol. The molecule has 62 heavy (non-hydrogen) atoms. The van der Waals surface area contributed by atoms with E-state index in [1.54, 1.807) is 0 Å². The molecule has 22 heteroatoms. The van der Waals surface area contributed by atoms with E-state index in [4.69, 9.17) is 0 Å². The minimum Gasteiger partial charge on any atom is -0.392 e. The van der Waals surface area contributed by atoms with Crippen molar-refractivity contribution >= 4 is 124 Å². The van der Waals surface area contributed by atoms with Gasteiger partial charge in [-0.15, -0.1) is 124 Å². The second-order valence-electron chi connectivity index (χ2n) is 14.5. The molecule has 2 unspecified atom stereocenters. The van der Waals surface area contributed by atoms with Crippen molar-refractivity contribution in [2.75, 3.05) is 131 Å². The van der Waals surface area contributed by atoms with E-state index in [0.717, 1.165) is 131 Å². The average Bonchev–Trinajstić information content (AvgIpc) is 3.15. The van der Waals surface area contributed by atoms with Crippen molar-refractivity contribution in [1.82, 2.24) is 53.2 Å². The van der Waals surface area contributed by atoms with Gasteiger partial charge < -0.3 is 63.4 Å². The Morgan fingerprint density at radius 3 is 0.532 bits per heavy atom. The van der Waals surface area contributed by atoms with Crippen LogP contribution in [0.5, 0.6) is 0 Å². The van der Waals surface area contributed by atoms with E-state index in [1.807, 2.05) is 0 Å². The molecule has 12 nitrogen and oxygen atoms in total. The Bertz CT molecular complexity index is 629. The lowest BCUT2D eigenvalue weighted by Gasteiger charge is -2.11. The zero-order chi connectivity index (χ0) is 37.7. The van der Waals surface area contributed by atoms with E-state index in [-0.39, 0.29) is 136 Å². The molecule has 0 aliphatic heterocycles. The Labute approximate surface area is 444 Å². The third kappa shape index (κ3) is 82.5. The van der Waals surface area contributed by atoms with Gasteiger partial charge in [-0.1, -0.05) is 13.8 Å². The second-order valence-corrected chi connectivity index (χ2v) is 14.5. The van der Waals surface area contributed by atoms with Crippen molar-refractivity contribution in [3.05, 3.63) is 0 Å². The predicted octanol–water partition coefficient (Wildman–Crippen LogP) is 6.10. The number of rotatable bonds is 47. The average molecular weight is 1110 g/mol. The molecule has 0 rings (SSSR count). The zero-order valence-corrected chi connectivity index (χ0v) is 46.8. The molecule has 0 radical (unpaired) electrons. The maximum atomic E-state index is 9.80. The summed E-state index contributed by atoms with van der Waals surface area (Å²) >= 11 is 0. The van der Waals surface area contributed by atoms with Gasteiger partial charge in [0.15, 0.2) is 0 Å². The highest BCUT2D eigenvalue weighted by atomic mass is 35.5. The van der Waals surface area contributed by atoms with Gasteiger partial charge in [-0.2, -0.15) is 0 Å². The molecule has 0 aliphatic rings. The summed E-state index contributed by atoms with van der Waals surface area (Å²) in [6, 6.07) is 0. The van der Waals surface area contributed by atoms with Crippen LogP contribution in [-0.2, 0) is 0 Å². The summed E-state index contributed by atoms with van der Waals surface area (Å²) in [7, 11) is 0. The van der Waals surface area contributed by atoms with Crippen LogP contribution < -0.4 is 53.2 Å². The monoisotopic (exact) mass is 1100 g/mol. The molecule has 0 aromatic carbocycles. The Morgan fingerprint density at radius 1 is 0.242 bits per heavy atom. The van der Waals surface area contributed by atoms with Crippen LogP contribution in [-0.4, -0.2) is 153 Å². The molecule has 0 spiro atoms. The van der Waals surface area contributed by atoms with Crippen LogP contribution in [0, 0.1) is 0 Å². The number of nitrogens with one attached hydrogen (secondary N) is 10. The van der Waals surface area contributed by atoms with Crippen molar-refractivity contribution in [3.8, 4) is 0 Å². The summed E-state index contributed by atoms with van der Waals surface area (Å²) in [5, 5.41) is 54.4. The van der Waals surface area contributed by atoms with Gasteiger partial charge in [0.05, 0.1) is 12.2 Å². The molecule has 0 saturated heterocycles. The number of likely N-dealkylation sites (N-methyl/N-ethyl adjacent to an activating group) is 2. The molecular formula is C40H102Cl10N10O2. The van der Waals surface area contributed by atoms with Crippen LogP contribution in [0.25, 0.3) is 0 Å². The maximum absolute atomic E-state index is 9.80. The number of unbranched alkanes of at least 4 members (excludes halogenated alkanes) is 7. The van der Waals surface area contributed by atoms with Crippen LogP contribution in [0.1, 0.15) is 117 Å². The molecule has 0 bridgehead atoms. The topological polar surface area (TPSA) is 161 Å². The number of halogens is 10. The third-order valence-electron chi connectivity index (χ3n) is 9.27. The lowest BCUT2D eigenvalue weighted by Crippen LogP contribution is -2.30. The first-order valence-corrected chi connectivity index (χ1v) is 22.1. The molecule has 0 aliphatic carbocycles. The van der Waals surface area contributed by atoms with Crippen molar-refractivity contribution in [2.24, 2.45) is 0 Å². The van der Waals surface area contributed by atoms with Crippen LogP contribution in [0.3, 0.4) is 0 Å². The van der Waals surface area contributed by atoms with Crippen LogP contribution >= 0.6 is 124 Å². The van der Waals surface area contributed by atoms with Crippen molar-refractivity contribution in [3.63, 3.8) is 0 Å². The highest BCUT2D eigenvalue weighted by Gasteiger charge is 2.03. The molecule has 0 aromatic rings. The van der Waals surface area contributed by atoms with Gasteiger partial charge in [-0.3, -0.25) is 0 Å². The quantitative estimate of drug-likeness (QED) is 0.0318. The Hall–Kier alpha value is 2.42. The standard InChI is InChI=1S/C40H92N10O2.10ClH/c1-3-41-37-39(51)19-35-49-33-17-15-31-47-29-13-11-27-45-25-9-7-23-43-21-5-6-22-44-24-8-10-26-46-28-12-14-30-48-32-16-18-34-50-36-20-40(52)38-42-4-2;;;;;;;;;;/h39-52H,3-38H2,1-2H3;10*1H. The van der Waals surface area contributed by atoms with E-state index in [9.17, 15) is 10.2 Å². The fourth-order valence-electron chi connectivity index (χ4n) is 5.86. The van der Waals surface area contributed by atoms with Crippen LogP contribution in [0.15, 0.2) is 0 Å². The van der Waals surface area contributed by atoms with E-state index >= 15 is 0 Å². The highest BCUT2D eigenvalue weighted by molar-refractivity contribution is 5.86. The molecule has 0 aromatic heterocycles. The van der Waals surface area contributed by atoms with Crippen LogP contribution in [0.4, 0.5) is 0 Å². The Kier molecular flexibility index (Phi) is 122. The largest absolute Gasteiger partial charge is 0.392 e. The van der Waals surface area contributed by atoms with Gasteiger partial charge in [0.25, 0.3) is 0 Å². The Morgan fingerprint density at radius 2 is 0.387 bits per heavy atom. The molecule has 0 amide bonds. The van der Waals surface area contributed by atoms with Gasteiger partial charge in [-0.05, 0) is 221 Å². The second kappa shape index (κ2) is 83.4. The van der Waals surface area contributed by atoms with E-state index in [0.29, 0.717) is 13.1 Å². The van der Waals surface area contributed by atoms with Crippen molar-refractivity contribution in [2.45, 2.75) is 129 Å². The smallest absolute Gasteiger partial charge is 0.0676 e. The molecule has 0 heterocycles. The Balaban J connectivity index is -0.000000289. The normalized spacial score (nSPS) is 10.8. The van der Waals surface area contributed by atoms with E-state index in [2.05, 4.69) is 67.0 Å². The lowest BCUT2D eigenvalue weighted by atomic mass is 10.2. The van der Waals surface area contributed by atoms with Gasteiger partial charge in [0.2, 0.25) is 0 Å². The summed E-state index contributed by atoms with van der Waals surface area (Å²) in [5.41, 5.74) is 0. The fraction of sp³-hybridized carbons (Fsp3) is 1.00. The molecule has 0 fully saturated rings. The minimum atomic E-state index is -0.236. The minimum absolute atomic E-state index is 0. The van der Waals surface area contributed by atoms with Crippen LogP contribution in [0.2, 0.25) is 0 Å². The highest BCUT2D eigenvalue weighted by Crippen LogP contribution is 1.94. The summed E-state index contributed by atoms with van der Waals surface area (Å²) in [4.78, 5) is 0. The number of aliphatic hydroxyl groups is 2. The first-order chi connectivity index (χ1) is 25.7. The first kappa shape index (κ1) is 90.8. The number of hydrogen-bond acceptors (Lipinski definition) is 12. The van der Waals surface area contributed by atoms with Gasteiger partial charge in [0.1, 0.15) is 0 Å².